The van der Waals surface area contributed by atoms with Crippen LogP contribution in [0.15, 0.2) is 12.1 Å². The van der Waals surface area contributed by atoms with Crippen molar-refractivity contribution in [2.24, 2.45) is 0 Å². The zero-order valence-electron chi connectivity index (χ0n) is 15.7. The van der Waals surface area contributed by atoms with E-state index in [4.69, 9.17) is 0 Å². The normalized spacial score (nSPS) is 11.4. The number of aryl methyl sites for hydroxylation is 3. The highest BCUT2D eigenvalue weighted by Crippen LogP contribution is 2.28. The van der Waals surface area contributed by atoms with Gasteiger partial charge in [0.1, 0.15) is 0 Å². The summed E-state index contributed by atoms with van der Waals surface area (Å²) >= 11 is 0. The molecule has 5 nitrogen and oxygen atoms in total. The lowest BCUT2D eigenvalue weighted by Crippen LogP contribution is -2.36. The van der Waals surface area contributed by atoms with Crippen LogP contribution >= 0.6 is 0 Å². The summed E-state index contributed by atoms with van der Waals surface area (Å²) in [5.74, 6) is -0.0282. The lowest BCUT2D eigenvalue weighted by atomic mass is 10.1. The minimum Gasteiger partial charge on any atom is -0.346 e. The van der Waals surface area contributed by atoms with Gasteiger partial charge in [0.2, 0.25) is 15.9 Å². The van der Waals surface area contributed by atoms with Crippen molar-refractivity contribution in [1.29, 1.82) is 0 Å². The third-order valence-electron chi connectivity index (χ3n) is 4.09. The first-order valence-electron chi connectivity index (χ1n) is 8.37. The summed E-state index contributed by atoms with van der Waals surface area (Å²) in [4.78, 5) is 13.9. The minimum atomic E-state index is -3.45. The first-order chi connectivity index (χ1) is 11.1. The van der Waals surface area contributed by atoms with E-state index in [1.165, 1.54) is 10.6 Å². The molecule has 0 radical (unpaired) electrons. The summed E-state index contributed by atoms with van der Waals surface area (Å²) < 4.78 is 25.9. The van der Waals surface area contributed by atoms with Crippen molar-refractivity contribution in [3.63, 3.8) is 0 Å². The molecule has 0 heterocycles. The summed E-state index contributed by atoms with van der Waals surface area (Å²) in [5, 5.41) is 0. The highest BCUT2D eigenvalue weighted by atomic mass is 32.2. The Morgan fingerprint density at radius 3 is 2.08 bits per heavy atom. The molecule has 1 amide bonds. The molecule has 0 aliphatic carbocycles. The molecule has 1 aromatic carbocycles. The quantitative estimate of drug-likeness (QED) is 0.721. The number of sulfonamides is 1. The number of nitrogens with zero attached hydrogens (tertiary/aromatic N) is 2. The van der Waals surface area contributed by atoms with Crippen molar-refractivity contribution >= 4 is 21.6 Å². The molecule has 1 aromatic rings. The zero-order valence-corrected chi connectivity index (χ0v) is 16.5. The first-order valence-corrected chi connectivity index (χ1v) is 10.2. The Kier molecular flexibility index (Phi) is 7.27. The molecule has 0 fully saturated rings. The molecule has 0 aliphatic rings. The summed E-state index contributed by atoms with van der Waals surface area (Å²) in [6.07, 6.45) is 3.35. The fraction of sp³-hybridized carbons (Fsp3) is 0.611. The molecule has 0 N–H and O–H groups in total. The number of benzene rings is 1. The topological polar surface area (TPSA) is 57.7 Å². The predicted octanol–water partition coefficient (Wildman–Crippen LogP) is 3.03. The van der Waals surface area contributed by atoms with E-state index in [1.807, 2.05) is 32.9 Å². The molecule has 6 heteroatoms. The number of anilines is 1. The van der Waals surface area contributed by atoms with E-state index in [0.29, 0.717) is 12.2 Å². The number of carbonyl (C=O) groups is 1. The number of amides is 1. The van der Waals surface area contributed by atoms with E-state index >= 15 is 0 Å². The van der Waals surface area contributed by atoms with E-state index in [9.17, 15) is 13.2 Å². The summed E-state index contributed by atoms with van der Waals surface area (Å²) in [5.41, 5.74) is 3.60. The van der Waals surface area contributed by atoms with Gasteiger partial charge in [-0.25, -0.2) is 8.42 Å². The van der Waals surface area contributed by atoms with Crippen molar-refractivity contribution < 1.29 is 13.2 Å². The van der Waals surface area contributed by atoms with Crippen LogP contribution in [0.4, 0.5) is 5.69 Å². The third-order valence-corrected chi connectivity index (χ3v) is 5.25. The predicted molar refractivity (Wildman–Crippen MR) is 100 cm³/mol. The highest BCUT2D eigenvalue weighted by Gasteiger charge is 2.23. The van der Waals surface area contributed by atoms with Crippen LogP contribution in [0, 0.1) is 20.8 Å². The summed E-state index contributed by atoms with van der Waals surface area (Å²) in [7, 11) is -1.68. The van der Waals surface area contributed by atoms with Crippen molar-refractivity contribution in [2.75, 3.05) is 30.7 Å². The van der Waals surface area contributed by atoms with Crippen LogP contribution in [0.25, 0.3) is 0 Å². The summed E-state index contributed by atoms with van der Waals surface area (Å²) in [6.45, 7) is 8.74. The number of hydrogen-bond acceptors (Lipinski definition) is 3. The Bertz CT molecular complexity index is 660. The second-order valence-electron chi connectivity index (χ2n) is 6.50. The average molecular weight is 355 g/mol. The maximum Gasteiger partial charge on any atom is 0.232 e. The Morgan fingerprint density at radius 1 is 1.08 bits per heavy atom. The Labute approximate surface area is 146 Å². The van der Waals surface area contributed by atoms with Gasteiger partial charge in [0, 0.05) is 26.6 Å². The van der Waals surface area contributed by atoms with Crippen molar-refractivity contribution in [1.82, 2.24) is 4.90 Å². The zero-order chi connectivity index (χ0) is 18.5. The second kappa shape index (κ2) is 8.51. The molecule has 0 aromatic heterocycles. The van der Waals surface area contributed by atoms with Crippen LogP contribution in [0.2, 0.25) is 0 Å². The SMILES string of the molecule is CCCCN(C)C(=O)CCN(c1c(C)cc(C)cc1C)S(C)(=O)=O. The second-order valence-corrected chi connectivity index (χ2v) is 8.41. The van der Waals surface area contributed by atoms with Gasteiger partial charge in [-0.15, -0.1) is 0 Å². The molecule has 0 unspecified atom stereocenters. The number of rotatable bonds is 8. The van der Waals surface area contributed by atoms with Crippen LogP contribution in [0.5, 0.6) is 0 Å². The summed E-state index contributed by atoms with van der Waals surface area (Å²) in [6, 6.07) is 3.94. The van der Waals surface area contributed by atoms with Gasteiger partial charge in [0.25, 0.3) is 0 Å². The maximum atomic E-state index is 12.3. The third kappa shape index (κ3) is 5.51. The van der Waals surface area contributed by atoms with Gasteiger partial charge in [0.15, 0.2) is 0 Å². The van der Waals surface area contributed by atoms with E-state index in [0.717, 1.165) is 29.5 Å². The monoisotopic (exact) mass is 354 g/mol. The molecule has 24 heavy (non-hydrogen) atoms. The van der Waals surface area contributed by atoms with Crippen molar-refractivity contribution in [2.45, 2.75) is 47.0 Å². The largest absolute Gasteiger partial charge is 0.346 e. The number of carbonyl (C=O) groups excluding carboxylic acids is 1. The van der Waals surface area contributed by atoms with E-state index in [2.05, 4.69) is 6.92 Å². The van der Waals surface area contributed by atoms with Crippen LogP contribution in [-0.2, 0) is 14.8 Å². The lowest BCUT2D eigenvalue weighted by Gasteiger charge is -2.27. The molecule has 0 spiro atoms. The average Bonchev–Trinajstić information content (AvgIpc) is 2.45. The fourth-order valence-electron chi connectivity index (χ4n) is 2.92. The van der Waals surface area contributed by atoms with Crippen LogP contribution in [0.3, 0.4) is 0 Å². The van der Waals surface area contributed by atoms with Crippen LogP contribution in [0.1, 0.15) is 42.9 Å². The fourth-order valence-corrected chi connectivity index (χ4v) is 3.96. The van der Waals surface area contributed by atoms with Crippen molar-refractivity contribution in [3.05, 3.63) is 28.8 Å². The molecule has 1 rings (SSSR count). The van der Waals surface area contributed by atoms with Crippen molar-refractivity contribution in [3.8, 4) is 0 Å². The Balaban J connectivity index is 3.00. The molecular weight excluding hydrogens is 324 g/mol. The Morgan fingerprint density at radius 2 is 1.62 bits per heavy atom. The molecule has 0 aliphatic heterocycles. The van der Waals surface area contributed by atoms with Gasteiger partial charge in [0.05, 0.1) is 11.9 Å². The van der Waals surface area contributed by atoms with Gasteiger partial charge < -0.3 is 4.90 Å². The molecule has 0 saturated heterocycles. The molecule has 0 saturated carbocycles. The minimum absolute atomic E-state index is 0.0282. The van der Waals surface area contributed by atoms with Gasteiger partial charge in [-0.2, -0.15) is 0 Å². The molecule has 136 valence electrons. The molecule has 0 atom stereocenters. The van der Waals surface area contributed by atoms with Gasteiger partial charge in [-0.3, -0.25) is 9.10 Å². The maximum absolute atomic E-state index is 12.3. The first kappa shape index (κ1) is 20.5. The smallest absolute Gasteiger partial charge is 0.232 e. The van der Waals surface area contributed by atoms with E-state index in [-0.39, 0.29) is 18.9 Å². The van der Waals surface area contributed by atoms with Gasteiger partial charge >= 0.3 is 0 Å². The number of unbranched alkanes of at least 4 members (excludes halogenated alkanes) is 1. The highest BCUT2D eigenvalue weighted by molar-refractivity contribution is 7.92. The lowest BCUT2D eigenvalue weighted by molar-refractivity contribution is -0.129. The van der Waals surface area contributed by atoms with E-state index < -0.39 is 10.0 Å². The number of hydrogen-bond donors (Lipinski definition) is 0. The van der Waals surface area contributed by atoms with Gasteiger partial charge in [-0.1, -0.05) is 31.0 Å². The Hall–Kier alpha value is -1.56. The van der Waals surface area contributed by atoms with Crippen LogP contribution in [-0.4, -0.2) is 45.6 Å². The van der Waals surface area contributed by atoms with Crippen LogP contribution < -0.4 is 4.31 Å². The van der Waals surface area contributed by atoms with Gasteiger partial charge in [-0.05, 0) is 38.3 Å². The van der Waals surface area contributed by atoms with E-state index in [1.54, 1.807) is 11.9 Å². The standard InChI is InChI=1S/C18H30N2O3S/c1-7-8-10-19(5)17(21)9-11-20(24(6,22)23)18-15(3)12-14(2)13-16(18)4/h12-13H,7-11H2,1-6H3. The molecule has 0 bridgehead atoms. The molecular formula is C18H30N2O3S.